The number of hydrazine groups is 2. The zero-order valence-corrected chi connectivity index (χ0v) is 6.51. The normalized spacial score (nSPS) is 9.83. The van der Waals surface area contributed by atoms with Crippen LogP contribution in [-0.4, -0.2) is 28.5 Å². The fourth-order valence-electron chi connectivity index (χ4n) is 0.673. The van der Waals surface area contributed by atoms with Gasteiger partial charge in [-0.05, 0) is 12.1 Å². The van der Waals surface area contributed by atoms with Crippen molar-refractivity contribution in [2.24, 2.45) is 5.84 Å². The lowest BCUT2D eigenvalue weighted by Gasteiger charge is -2.16. The van der Waals surface area contributed by atoms with E-state index >= 15 is 0 Å². The third-order valence-corrected chi connectivity index (χ3v) is 1.20. The summed E-state index contributed by atoms with van der Waals surface area (Å²) >= 11 is 0. The molecule has 4 N–H and O–H groups in total. The molecule has 0 aliphatic heterocycles. The summed E-state index contributed by atoms with van der Waals surface area (Å²) in [5, 5.41) is 17.1. The standard InChI is InChI=1S/C6H11N5O/c7-11(9-4-5-12)6-2-1-3-8-10-6/h1-3,9,12H,4-5,7H2. The first-order valence-electron chi connectivity index (χ1n) is 3.51. The Bertz CT molecular complexity index is 216. The second-order valence-corrected chi connectivity index (χ2v) is 2.08. The van der Waals surface area contributed by atoms with Crippen molar-refractivity contribution >= 4 is 5.82 Å². The average molecular weight is 169 g/mol. The third kappa shape index (κ3) is 2.42. The molecular formula is C6H11N5O. The van der Waals surface area contributed by atoms with E-state index in [4.69, 9.17) is 10.9 Å². The number of hydrogen-bond acceptors (Lipinski definition) is 6. The highest BCUT2D eigenvalue weighted by Crippen LogP contribution is 1.98. The van der Waals surface area contributed by atoms with Gasteiger partial charge in [-0.1, -0.05) is 0 Å². The van der Waals surface area contributed by atoms with Gasteiger partial charge in [0.2, 0.25) is 0 Å². The molecule has 1 heterocycles. The summed E-state index contributed by atoms with van der Waals surface area (Å²) in [6.45, 7) is 0.404. The Hall–Kier alpha value is -1.24. The highest BCUT2D eigenvalue weighted by Gasteiger charge is 1.99. The Morgan fingerprint density at radius 2 is 2.50 bits per heavy atom. The van der Waals surface area contributed by atoms with Gasteiger partial charge in [0.05, 0.1) is 6.61 Å². The van der Waals surface area contributed by atoms with Crippen LogP contribution in [0.2, 0.25) is 0 Å². The molecule has 0 radical (unpaired) electrons. The Morgan fingerprint density at radius 3 is 3.08 bits per heavy atom. The van der Waals surface area contributed by atoms with Gasteiger partial charge in [0.25, 0.3) is 0 Å². The minimum absolute atomic E-state index is 0.0218. The lowest BCUT2D eigenvalue weighted by atomic mass is 10.5. The summed E-state index contributed by atoms with van der Waals surface area (Å²) in [5.74, 6) is 6.00. The molecule has 0 aromatic carbocycles. The predicted molar refractivity (Wildman–Crippen MR) is 43.8 cm³/mol. The molecular weight excluding hydrogens is 158 g/mol. The van der Waals surface area contributed by atoms with Gasteiger partial charge in [-0.2, -0.15) is 5.10 Å². The van der Waals surface area contributed by atoms with Gasteiger partial charge in [-0.3, -0.25) is 0 Å². The number of nitrogens with zero attached hydrogens (tertiary/aromatic N) is 3. The van der Waals surface area contributed by atoms with E-state index in [2.05, 4.69) is 15.6 Å². The van der Waals surface area contributed by atoms with Gasteiger partial charge in [-0.25, -0.2) is 16.4 Å². The van der Waals surface area contributed by atoms with Gasteiger partial charge in [0.15, 0.2) is 5.82 Å². The van der Waals surface area contributed by atoms with Crippen LogP contribution in [0.5, 0.6) is 0 Å². The summed E-state index contributed by atoms with van der Waals surface area (Å²) in [7, 11) is 0. The zero-order chi connectivity index (χ0) is 8.81. The van der Waals surface area contributed by atoms with Crippen LogP contribution in [-0.2, 0) is 0 Å². The van der Waals surface area contributed by atoms with Crippen LogP contribution < -0.4 is 16.4 Å². The molecule has 12 heavy (non-hydrogen) atoms. The highest BCUT2D eigenvalue weighted by molar-refractivity contribution is 5.31. The van der Waals surface area contributed by atoms with E-state index in [0.717, 1.165) is 0 Å². The first-order chi connectivity index (χ1) is 5.84. The Kier molecular flexibility index (Phi) is 3.39. The lowest BCUT2D eigenvalue weighted by molar-refractivity contribution is 0.290. The maximum absolute atomic E-state index is 8.48. The molecule has 1 aromatic heterocycles. The second kappa shape index (κ2) is 4.60. The van der Waals surface area contributed by atoms with Crippen LogP contribution in [0.25, 0.3) is 0 Å². The zero-order valence-electron chi connectivity index (χ0n) is 6.51. The Morgan fingerprint density at radius 1 is 1.67 bits per heavy atom. The molecule has 1 rings (SSSR count). The van der Waals surface area contributed by atoms with E-state index < -0.39 is 0 Å². The number of hydrogen-bond donors (Lipinski definition) is 3. The topological polar surface area (TPSA) is 87.3 Å². The molecule has 0 atom stereocenters. The van der Waals surface area contributed by atoms with Crippen LogP contribution in [0, 0.1) is 0 Å². The molecule has 0 unspecified atom stereocenters. The van der Waals surface area contributed by atoms with Crippen molar-refractivity contribution < 1.29 is 5.11 Å². The number of nitrogens with two attached hydrogens (primary N) is 1. The van der Waals surface area contributed by atoms with Crippen molar-refractivity contribution in [3.05, 3.63) is 18.3 Å². The molecule has 0 fully saturated rings. The van der Waals surface area contributed by atoms with Gasteiger partial charge < -0.3 is 5.11 Å². The average Bonchev–Trinajstić information content (AvgIpc) is 2.15. The lowest BCUT2D eigenvalue weighted by Crippen LogP contribution is -2.45. The quantitative estimate of drug-likeness (QED) is 0.382. The number of aliphatic hydroxyl groups is 1. The summed E-state index contributed by atoms with van der Waals surface area (Å²) in [6.07, 6.45) is 1.56. The van der Waals surface area contributed by atoms with Crippen molar-refractivity contribution in [3.63, 3.8) is 0 Å². The maximum atomic E-state index is 8.48. The number of anilines is 1. The van der Waals surface area contributed by atoms with Crippen molar-refractivity contribution in [2.75, 3.05) is 18.3 Å². The highest BCUT2D eigenvalue weighted by atomic mass is 16.3. The van der Waals surface area contributed by atoms with E-state index in [1.54, 1.807) is 18.3 Å². The van der Waals surface area contributed by atoms with Crippen molar-refractivity contribution in [1.82, 2.24) is 15.6 Å². The monoisotopic (exact) mass is 169 g/mol. The maximum Gasteiger partial charge on any atom is 0.180 e. The van der Waals surface area contributed by atoms with Crippen LogP contribution in [0.15, 0.2) is 18.3 Å². The van der Waals surface area contributed by atoms with Crippen LogP contribution in [0.1, 0.15) is 0 Å². The SMILES string of the molecule is NN(NCCO)c1cccnn1. The van der Waals surface area contributed by atoms with Gasteiger partial charge in [0.1, 0.15) is 0 Å². The second-order valence-electron chi connectivity index (χ2n) is 2.08. The van der Waals surface area contributed by atoms with Crippen molar-refractivity contribution in [3.8, 4) is 0 Å². The van der Waals surface area contributed by atoms with E-state index in [9.17, 15) is 0 Å². The summed E-state index contributed by atoms with van der Waals surface area (Å²) in [5.41, 5.74) is 2.71. The van der Waals surface area contributed by atoms with Gasteiger partial charge in [0, 0.05) is 12.7 Å². The first kappa shape index (κ1) is 8.85. The largest absolute Gasteiger partial charge is 0.395 e. The molecule has 0 aliphatic carbocycles. The van der Waals surface area contributed by atoms with Crippen LogP contribution in [0.4, 0.5) is 5.82 Å². The summed E-state index contributed by atoms with van der Waals surface area (Å²) in [6, 6.07) is 3.43. The number of aromatic nitrogens is 2. The van der Waals surface area contributed by atoms with Crippen LogP contribution >= 0.6 is 0 Å². The third-order valence-electron chi connectivity index (χ3n) is 1.20. The summed E-state index contributed by atoms with van der Waals surface area (Å²) in [4.78, 5) is 0. The number of nitrogens with one attached hydrogen (secondary N) is 1. The smallest absolute Gasteiger partial charge is 0.180 e. The molecule has 6 nitrogen and oxygen atoms in total. The Balaban J connectivity index is 2.48. The van der Waals surface area contributed by atoms with Gasteiger partial charge >= 0.3 is 0 Å². The number of rotatable bonds is 4. The molecule has 66 valence electrons. The molecule has 0 amide bonds. The van der Waals surface area contributed by atoms with E-state index in [-0.39, 0.29) is 6.61 Å². The summed E-state index contributed by atoms with van der Waals surface area (Å²) < 4.78 is 0. The molecule has 6 heteroatoms. The molecule has 0 aliphatic rings. The Labute approximate surface area is 70.0 Å². The van der Waals surface area contributed by atoms with E-state index in [0.29, 0.717) is 12.4 Å². The first-order valence-corrected chi connectivity index (χ1v) is 3.51. The van der Waals surface area contributed by atoms with Crippen molar-refractivity contribution in [1.29, 1.82) is 0 Å². The fourth-order valence-corrected chi connectivity index (χ4v) is 0.673. The minimum Gasteiger partial charge on any atom is -0.395 e. The van der Waals surface area contributed by atoms with Crippen LogP contribution in [0.3, 0.4) is 0 Å². The molecule has 1 aromatic rings. The predicted octanol–water partition coefficient (Wildman–Crippen LogP) is -1.35. The molecule has 0 spiro atoms. The minimum atomic E-state index is 0.0218. The van der Waals surface area contributed by atoms with E-state index in [1.165, 1.54) is 5.12 Å². The molecule has 0 saturated carbocycles. The van der Waals surface area contributed by atoms with Gasteiger partial charge in [-0.15, -0.1) is 5.10 Å². The number of aliphatic hydroxyl groups excluding tert-OH is 1. The van der Waals surface area contributed by atoms with Crippen molar-refractivity contribution in [2.45, 2.75) is 0 Å². The molecule has 0 saturated heterocycles. The fraction of sp³-hybridized carbons (Fsp3) is 0.333. The molecule has 0 bridgehead atoms. The van der Waals surface area contributed by atoms with E-state index in [1.807, 2.05) is 0 Å².